The first-order chi connectivity index (χ1) is 16.0. The Labute approximate surface area is 201 Å². The SMILES string of the molecule is Cc1c(-c2ccc(C(C)C)c[n+]2C)c(C(F)(F)F)cc(C(F)(F)F)c1-c1ccc(C(C)C)c[n+]1C. The molecule has 0 spiro atoms. The summed E-state index contributed by atoms with van der Waals surface area (Å²) in [7, 11) is 3.21. The van der Waals surface area contributed by atoms with Gasteiger partial charge in [-0.1, -0.05) is 27.7 Å². The zero-order valence-corrected chi connectivity index (χ0v) is 20.9. The van der Waals surface area contributed by atoms with Crippen LogP contribution in [0.3, 0.4) is 0 Å². The van der Waals surface area contributed by atoms with Gasteiger partial charge in [-0.25, -0.2) is 9.13 Å². The molecule has 188 valence electrons. The minimum Gasteiger partial charge on any atom is -0.201 e. The molecule has 0 aliphatic carbocycles. The molecule has 0 radical (unpaired) electrons. The van der Waals surface area contributed by atoms with E-state index in [9.17, 15) is 26.3 Å². The zero-order valence-electron chi connectivity index (χ0n) is 20.9. The fraction of sp³-hybridized carbons (Fsp3) is 0.407. The van der Waals surface area contributed by atoms with Crippen LogP contribution in [0.1, 0.15) is 67.3 Å². The molecule has 0 bridgehead atoms. The van der Waals surface area contributed by atoms with E-state index in [-0.39, 0.29) is 46.0 Å². The summed E-state index contributed by atoms with van der Waals surface area (Å²) in [5, 5.41) is 0. The van der Waals surface area contributed by atoms with E-state index in [0.717, 1.165) is 11.1 Å². The van der Waals surface area contributed by atoms with Crippen LogP contribution in [0.2, 0.25) is 0 Å². The minimum absolute atomic E-state index is 0.0760. The Hall–Kier alpha value is -2.90. The maximum atomic E-state index is 14.2. The topological polar surface area (TPSA) is 7.76 Å². The molecule has 0 amide bonds. The average molecular weight is 497 g/mol. The molecule has 0 aliphatic rings. The monoisotopic (exact) mass is 496 g/mol. The summed E-state index contributed by atoms with van der Waals surface area (Å²) < 4.78 is 88.3. The summed E-state index contributed by atoms with van der Waals surface area (Å²) in [6, 6.07) is 6.78. The van der Waals surface area contributed by atoms with Gasteiger partial charge in [0, 0.05) is 23.3 Å². The van der Waals surface area contributed by atoms with Crippen LogP contribution in [-0.2, 0) is 26.4 Å². The van der Waals surface area contributed by atoms with Gasteiger partial charge in [0.05, 0.1) is 22.3 Å². The van der Waals surface area contributed by atoms with Crippen molar-refractivity contribution in [1.29, 1.82) is 0 Å². The van der Waals surface area contributed by atoms with E-state index in [1.54, 1.807) is 59.9 Å². The van der Waals surface area contributed by atoms with Gasteiger partial charge in [-0.15, -0.1) is 0 Å². The van der Waals surface area contributed by atoms with Gasteiger partial charge in [-0.3, -0.25) is 0 Å². The van der Waals surface area contributed by atoms with Gasteiger partial charge in [0.1, 0.15) is 14.1 Å². The van der Waals surface area contributed by atoms with Crippen LogP contribution in [0.5, 0.6) is 0 Å². The quantitative estimate of drug-likeness (QED) is 0.265. The number of aromatic nitrogens is 2. The molecule has 1 aromatic carbocycles. The number of hydrogen-bond acceptors (Lipinski definition) is 0. The first-order valence-electron chi connectivity index (χ1n) is 11.4. The van der Waals surface area contributed by atoms with Gasteiger partial charge in [0.2, 0.25) is 11.4 Å². The fourth-order valence-electron chi connectivity index (χ4n) is 4.39. The van der Waals surface area contributed by atoms with Crippen molar-refractivity contribution in [3.05, 3.63) is 70.5 Å². The van der Waals surface area contributed by atoms with Crippen molar-refractivity contribution in [2.24, 2.45) is 14.1 Å². The molecule has 2 aromatic heterocycles. The normalized spacial score (nSPS) is 12.7. The summed E-state index contributed by atoms with van der Waals surface area (Å²) in [5.41, 5.74) is -1.01. The zero-order chi connectivity index (χ0) is 26.5. The summed E-state index contributed by atoms with van der Waals surface area (Å²) in [6.07, 6.45) is -6.53. The Morgan fingerprint density at radius 1 is 0.629 bits per heavy atom. The summed E-state index contributed by atoms with van der Waals surface area (Å²) >= 11 is 0. The predicted octanol–water partition coefficient (Wildman–Crippen LogP) is 7.26. The number of hydrogen-bond donors (Lipinski definition) is 0. The van der Waals surface area contributed by atoms with Crippen LogP contribution in [0.25, 0.3) is 22.5 Å². The molecule has 0 atom stereocenters. The maximum absolute atomic E-state index is 14.2. The van der Waals surface area contributed by atoms with Gasteiger partial charge in [0.25, 0.3) is 0 Å². The third-order valence-corrected chi connectivity index (χ3v) is 6.35. The van der Waals surface area contributed by atoms with E-state index >= 15 is 0 Å². The second-order valence-electron chi connectivity index (χ2n) is 9.57. The van der Waals surface area contributed by atoms with Crippen molar-refractivity contribution >= 4 is 0 Å². The third kappa shape index (κ3) is 5.21. The molecule has 0 saturated carbocycles. The highest BCUT2D eigenvalue weighted by molar-refractivity contribution is 5.79. The molecule has 2 nitrogen and oxygen atoms in total. The number of alkyl halides is 6. The molecule has 35 heavy (non-hydrogen) atoms. The molecule has 0 N–H and O–H groups in total. The van der Waals surface area contributed by atoms with E-state index in [2.05, 4.69) is 0 Å². The molecule has 0 unspecified atom stereocenters. The highest BCUT2D eigenvalue weighted by atomic mass is 19.4. The second kappa shape index (κ2) is 9.28. The molecule has 0 saturated heterocycles. The highest BCUT2D eigenvalue weighted by Gasteiger charge is 2.44. The third-order valence-electron chi connectivity index (χ3n) is 6.35. The minimum atomic E-state index is -4.98. The molecule has 8 heteroatoms. The van der Waals surface area contributed by atoms with Gasteiger partial charge in [-0.05, 0) is 42.5 Å². The van der Waals surface area contributed by atoms with Crippen molar-refractivity contribution in [1.82, 2.24) is 0 Å². The lowest BCUT2D eigenvalue weighted by atomic mass is 9.87. The molecule has 0 fully saturated rings. The molecule has 3 aromatic rings. The second-order valence-corrected chi connectivity index (χ2v) is 9.57. The summed E-state index contributed by atoms with van der Waals surface area (Å²) in [6.45, 7) is 9.16. The van der Waals surface area contributed by atoms with Crippen molar-refractivity contribution < 1.29 is 35.5 Å². The molecule has 3 rings (SSSR count). The Bertz CT molecular complexity index is 1160. The fourth-order valence-corrected chi connectivity index (χ4v) is 4.39. The van der Waals surface area contributed by atoms with Crippen LogP contribution in [0.15, 0.2) is 42.7 Å². The first-order valence-corrected chi connectivity index (χ1v) is 11.4. The molecule has 0 aliphatic heterocycles. The Kier molecular flexibility index (Phi) is 7.08. The number of pyridine rings is 2. The largest absolute Gasteiger partial charge is 0.417 e. The average Bonchev–Trinajstić information content (AvgIpc) is 2.72. The van der Waals surface area contributed by atoms with Crippen LogP contribution in [0, 0.1) is 6.92 Å². The van der Waals surface area contributed by atoms with E-state index in [1.807, 2.05) is 27.7 Å². The number of aryl methyl sites for hydroxylation is 2. The Morgan fingerprint density at radius 3 is 1.23 bits per heavy atom. The van der Waals surface area contributed by atoms with Gasteiger partial charge in [0.15, 0.2) is 12.4 Å². The van der Waals surface area contributed by atoms with E-state index in [1.165, 1.54) is 6.92 Å². The lowest BCUT2D eigenvalue weighted by Crippen LogP contribution is -2.34. The van der Waals surface area contributed by atoms with Crippen molar-refractivity contribution in [3.63, 3.8) is 0 Å². The molecular weight excluding hydrogens is 466 g/mol. The predicted molar refractivity (Wildman–Crippen MR) is 123 cm³/mol. The highest BCUT2D eigenvalue weighted by Crippen LogP contribution is 2.47. The summed E-state index contributed by atoms with van der Waals surface area (Å²) in [5.74, 6) is 0.278. The van der Waals surface area contributed by atoms with Crippen LogP contribution in [-0.4, -0.2) is 0 Å². The van der Waals surface area contributed by atoms with Crippen molar-refractivity contribution in [3.8, 4) is 22.5 Å². The lowest BCUT2D eigenvalue weighted by molar-refractivity contribution is -0.661. The van der Waals surface area contributed by atoms with E-state index < -0.39 is 23.5 Å². The number of nitrogens with zero attached hydrogens (tertiary/aromatic N) is 2. The van der Waals surface area contributed by atoms with Crippen LogP contribution < -0.4 is 9.13 Å². The van der Waals surface area contributed by atoms with Gasteiger partial charge >= 0.3 is 12.4 Å². The molecule has 2 heterocycles. The van der Waals surface area contributed by atoms with E-state index in [4.69, 9.17) is 0 Å². The van der Waals surface area contributed by atoms with Crippen LogP contribution in [0.4, 0.5) is 26.3 Å². The van der Waals surface area contributed by atoms with Crippen LogP contribution >= 0.6 is 0 Å². The van der Waals surface area contributed by atoms with Gasteiger partial charge in [-0.2, -0.15) is 26.3 Å². The number of rotatable bonds is 4. The molecular formula is C27H30F6N2+2. The Morgan fingerprint density at radius 2 is 0.971 bits per heavy atom. The van der Waals surface area contributed by atoms with Gasteiger partial charge < -0.3 is 0 Å². The lowest BCUT2D eigenvalue weighted by Gasteiger charge is -2.21. The number of halogens is 6. The Balaban J connectivity index is 2.48. The van der Waals surface area contributed by atoms with Crippen molar-refractivity contribution in [2.75, 3.05) is 0 Å². The number of benzene rings is 1. The standard InChI is InChI=1S/C27H30F6N2/c1-15(2)18-8-10-22(34(6)13-18)24-17(5)25(23-11-9-19(16(3)4)14-35(23)7)21(27(31,32)33)12-20(24)26(28,29)30/h8-16H,1-7H3/q+2. The van der Waals surface area contributed by atoms with Crippen molar-refractivity contribution in [2.45, 2.75) is 58.8 Å². The smallest absolute Gasteiger partial charge is 0.201 e. The first kappa shape index (κ1) is 26.7. The summed E-state index contributed by atoms with van der Waals surface area (Å²) in [4.78, 5) is 0. The van der Waals surface area contributed by atoms with E-state index in [0.29, 0.717) is 0 Å². The maximum Gasteiger partial charge on any atom is 0.417 e.